The Balaban J connectivity index is 1.91. The first kappa shape index (κ1) is 13.7. The molecule has 0 aromatic rings. The lowest BCUT2D eigenvalue weighted by Gasteiger charge is -2.37. The number of piperidine rings is 1. The molecular formula is C14H28N2S. The van der Waals surface area contributed by atoms with Gasteiger partial charge in [0.2, 0.25) is 0 Å². The molecule has 0 aliphatic carbocycles. The van der Waals surface area contributed by atoms with E-state index in [0.29, 0.717) is 4.75 Å². The van der Waals surface area contributed by atoms with Crippen molar-refractivity contribution in [2.24, 2.45) is 0 Å². The van der Waals surface area contributed by atoms with E-state index in [1.165, 1.54) is 58.4 Å². The Kier molecular flexibility index (Phi) is 4.79. The monoisotopic (exact) mass is 256 g/mol. The zero-order valence-corrected chi connectivity index (χ0v) is 12.6. The Bertz CT molecular complexity index is 242. The van der Waals surface area contributed by atoms with Crippen molar-refractivity contribution < 1.29 is 0 Å². The number of fused-ring (bicyclic) bond motifs is 1. The normalized spacial score (nSPS) is 28.8. The zero-order valence-electron chi connectivity index (χ0n) is 11.7. The highest BCUT2D eigenvalue weighted by Crippen LogP contribution is 2.26. The molecule has 100 valence electrons. The summed E-state index contributed by atoms with van der Waals surface area (Å²) in [5.74, 6) is 0. The minimum absolute atomic E-state index is 0.407. The van der Waals surface area contributed by atoms with Gasteiger partial charge >= 0.3 is 0 Å². The zero-order chi connectivity index (χ0) is 12.3. The number of nitrogens with zero attached hydrogens (tertiary/aromatic N) is 2. The third-order valence-corrected chi connectivity index (χ3v) is 5.53. The van der Waals surface area contributed by atoms with E-state index < -0.39 is 0 Å². The lowest BCUT2D eigenvalue weighted by atomic mass is 10.0. The molecule has 2 saturated heterocycles. The fraction of sp³-hybridized carbons (Fsp3) is 1.00. The molecular weight excluding hydrogens is 228 g/mol. The fourth-order valence-corrected chi connectivity index (χ4v) is 3.51. The van der Waals surface area contributed by atoms with E-state index in [9.17, 15) is 0 Å². The van der Waals surface area contributed by atoms with Crippen LogP contribution in [0.1, 0.15) is 39.5 Å². The molecule has 0 aromatic heterocycles. The maximum atomic E-state index is 2.75. The minimum atomic E-state index is 0.407. The van der Waals surface area contributed by atoms with Crippen LogP contribution in [0.15, 0.2) is 0 Å². The van der Waals surface area contributed by atoms with Crippen LogP contribution in [0.3, 0.4) is 0 Å². The molecule has 0 radical (unpaired) electrons. The van der Waals surface area contributed by atoms with Crippen molar-refractivity contribution >= 4 is 11.8 Å². The van der Waals surface area contributed by atoms with Crippen molar-refractivity contribution in [3.05, 3.63) is 0 Å². The van der Waals surface area contributed by atoms with Gasteiger partial charge in [-0.05, 0) is 59.0 Å². The molecule has 0 N–H and O–H groups in total. The van der Waals surface area contributed by atoms with Crippen LogP contribution < -0.4 is 0 Å². The van der Waals surface area contributed by atoms with Crippen LogP contribution in [-0.4, -0.2) is 59.6 Å². The van der Waals surface area contributed by atoms with E-state index in [4.69, 9.17) is 0 Å². The van der Waals surface area contributed by atoms with Crippen LogP contribution in [0.2, 0.25) is 0 Å². The predicted molar refractivity (Wildman–Crippen MR) is 77.9 cm³/mol. The van der Waals surface area contributed by atoms with Gasteiger partial charge in [-0.15, -0.1) is 0 Å². The molecule has 0 spiro atoms. The largest absolute Gasteiger partial charge is 0.300 e. The van der Waals surface area contributed by atoms with Crippen molar-refractivity contribution in [3.8, 4) is 0 Å². The number of hydrogen-bond acceptors (Lipinski definition) is 3. The SMILES string of the molecule is CSC(C)(C)CN1CCCN2CCCCC2C1. The van der Waals surface area contributed by atoms with Gasteiger partial charge < -0.3 is 4.90 Å². The summed E-state index contributed by atoms with van der Waals surface area (Å²) in [6, 6.07) is 0.851. The second kappa shape index (κ2) is 5.94. The van der Waals surface area contributed by atoms with Crippen molar-refractivity contribution in [1.82, 2.24) is 9.80 Å². The third kappa shape index (κ3) is 3.87. The molecule has 2 aliphatic heterocycles. The van der Waals surface area contributed by atoms with Gasteiger partial charge in [0.15, 0.2) is 0 Å². The van der Waals surface area contributed by atoms with Crippen LogP contribution in [-0.2, 0) is 0 Å². The summed E-state index contributed by atoms with van der Waals surface area (Å²) in [6.07, 6.45) is 7.90. The quantitative estimate of drug-likeness (QED) is 0.766. The lowest BCUT2D eigenvalue weighted by molar-refractivity contribution is 0.134. The number of rotatable bonds is 3. The van der Waals surface area contributed by atoms with E-state index in [-0.39, 0.29) is 0 Å². The summed E-state index contributed by atoms with van der Waals surface area (Å²) in [6.45, 7) is 11.3. The summed E-state index contributed by atoms with van der Waals surface area (Å²) in [7, 11) is 0. The van der Waals surface area contributed by atoms with E-state index in [0.717, 1.165) is 6.04 Å². The van der Waals surface area contributed by atoms with Gasteiger partial charge in [0, 0.05) is 23.9 Å². The van der Waals surface area contributed by atoms with Crippen LogP contribution in [0.25, 0.3) is 0 Å². The standard InChI is InChI=1S/C14H28N2S/c1-14(2,17-3)12-15-8-6-10-16-9-5-4-7-13(16)11-15/h13H,4-12H2,1-3H3. The van der Waals surface area contributed by atoms with E-state index >= 15 is 0 Å². The maximum Gasteiger partial charge on any atom is 0.0227 e. The first-order chi connectivity index (χ1) is 8.11. The summed E-state index contributed by atoms with van der Waals surface area (Å²) < 4.78 is 0.407. The maximum absolute atomic E-state index is 2.75. The third-order valence-electron chi connectivity index (χ3n) is 4.29. The van der Waals surface area contributed by atoms with Crippen molar-refractivity contribution in [2.45, 2.75) is 50.3 Å². The average molecular weight is 256 g/mol. The predicted octanol–water partition coefficient (Wildman–Crippen LogP) is 2.69. The van der Waals surface area contributed by atoms with Crippen LogP contribution in [0.5, 0.6) is 0 Å². The Labute approximate surface area is 111 Å². The van der Waals surface area contributed by atoms with Gasteiger partial charge in [0.25, 0.3) is 0 Å². The lowest BCUT2D eigenvalue weighted by Crippen LogP contribution is -2.46. The highest BCUT2D eigenvalue weighted by atomic mass is 32.2. The smallest absolute Gasteiger partial charge is 0.0227 e. The average Bonchev–Trinajstić information content (AvgIpc) is 2.50. The molecule has 2 fully saturated rings. The highest BCUT2D eigenvalue weighted by molar-refractivity contribution is 7.99. The van der Waals surface area contributed by atoms with Crippen LogP contribution >= 0.6 is 11.8 Å². The van der Waals surface area contributed by atoms with Gasteiger partial charge in [-0.1, -0.05) is 6.42 Å². The Morgan fingerprint density at radius 1 is 1.12 bits per heavy atom. The van der Waals surface area contributed by atoms with Crippen molar-refractivity contribution in [2.75, 3.05) is 39.0 Å². The first-order valence-electron chi connectivity index (χ1n) is 7.12. The molecule has 1 unspecified atom stereocenters. The Morgan fingerprint density at radius 3 is 2.65 bits per heavy atom. The molecule has 2 nitrogen and oxygen atoms in total. The molecule has 2 aliphatic rings. The molecule has 0 amide bonds. The topological polar surface area (TPSA) is 6.48 Å². The second-order valence-corrected chi connectivity index (χ2v) is 7.75. The Morgan fingerprint density at radius 2 is 1.88 bits per heavy atom. The molecule has 17 heavy (non-hydrogen) atoms. The van der Waals surface area contributed by atoms with Gasteiger partial charge in [0.05, 0.1) is 0 Å². The minimum Gasteiger partial charge on any atom is -0.300 e. The Hall–Kier alpha value is 0.270. The molecule has 0 aromatic carbocycles. The highest BCUT2D eigenvalue weighted by Gasteiger charge is 2.29. The summed E-state index contributed by atoms with van der Waals surface area (Å²) in [4.78, 5) is 5.46. The van der Waals surface area contributed by atoms with E-state index in [1.54, 1.807) is 0 Å². The molecule has 3 heteroatoms. The van der Waals surface area contributed by atoms with Gasteiger partial charge in [0.1, 0.15) is 0 Å². The van der Waals surface area contributed by atoms with Gasteiger partial charge in [-0.2, -0.15) is 11.8 Å². The summed E-state index contributed by atoms with van der Waals surface area (Å²) in [5, 5.41) is 0. The summed E-state index contributed by atoms with van der Waals surface area (Å²) in [5.41, 5.74) is 0. The van der Waals surface area contributed by atoms with Crippen LogP contribution in [0, 0.1) is 0 Å². The molecule has 2 heterocycles. The molecule has 2 rings (SSSR count). The van der Waals surface area contributed by atoms with Gasteiger partial charge in [-0.3, -0.25) is 4.90 Å². The first-order valence-corrected chi connectivity index (χ1v) is 8.35. The molecule has 0 saturated carbocycles. The molecule has 0 bridgehead atoms. The van der Waals surface area contributed by atoms with Crippen molar-refractivity contribution in [3.63, 3.8) is 0 Å². The van der Waals surface area contributed by atoms with Gasteiger partial charge in [-0.25, -0.2) is 0 Å². The van der Waals surface area contributed by atoms with Crippen LogP contribution in [0.4, 0.5) is 0 Å². The van der Waals surface area contributed by atoms with E-state index in [1.807, 2.05) is 11.8 Å². The van der Waals surface area contributed by atoms with E-state index in [2.05, 4.69) is 29.9 Å². The summed E-state index contributed by atoms with van der Waals surface area (Å²) >= 11 is 2.00. The molecule has 1 atom stereocenters. The van der Waals surface area contributed by atoms with Crippen molar-refractivity contribution in [1.29, 1.82) is 0 Å². The fourth-order valence-electron chi connectivity index (χ4n) is 3.19. The number of thioether (sulfide) groups is 1. The number of hydrogen-bond donors (Lipinski definition) is 0. The second-order valence-electron chi connectivity index (χ2n) is 6.24.